The van der Waals surface area contributed by atoms with Crippen molar-refractivity contribution in [2.45, 2.75) is 19.4 Å². The molecule has 7 heteroatoms. The zero-order valence-corrected chi connectivity index (χ0v) is 22.5. The van der Waals surface area contributed by atoms with Crippen LogP contribution in [0.4, 0.5) is 0 Å². The molecule has 0 aliphatic heterocycles. The van der Waals surface area contributed by atoms with E-state index < -0.39 is 5.97 Å². The molecule has 0 fully saturated rings. The third-order valence-electron chi connectivity index (χ3n) is 7.12. The number of nitrogens with zero attached hydrogens (tertiary/aromatic N) is 1. The molecule has 41 heavy (non-hydrogen) atoms. The number of carboxylic acids is 1. The molecular weight excluding hydrogens is 514 g/mol. The molecule has 1 heterocycles. The number of carboxylic acid groups (broad SMARTS) is 1. The molecule has 0 spiro atoms. The van der Waals surface area contributed by atoms with E-state index in [0.717, 1.165) is 22.0 Å². The first-order valence-electron chi connectivity index (χ1n) is 13.6. The minimum Gasteiger partial charge on any atom is -0.481 e. The third-order valence-corrected chi connectivity index (χ3v) is 7.12. The van der Waals surface area contributed by atoms with E-state index in [0.29, 0.717) is 41.8 Å². The van der Waals surface area contributed by atoms with E-state index in [1.807, 2.05) is 85.1 Å². The van der Waals surface area contributed by atoms with E-state index in [-0.39, 0.29) is 24.8 Å². The van der Waals surface area contributed by atoms with Crippen molar-refractivity contribution in [3.05, 3.63) is 132 Å². The van der Waals surface area contributed by atoms with E-state index >= 15 is 0 Å². The lowest BCUT2D eigenvalue weighted by Crippen LogP contribution is -2.35. The van der Waals surface area contributed by atoms with Crippen LogP contribution in [0.2, 0.25) is 0 Å². The van der Waals surface area contributed by atoms with Crippen molar-refractivity contribution in [2.24, 2.45) is 0 Å². The van der Waals surface area contributed by atoms with Gasteiger partial charge < -0.3 is 20.3 Å². The highest BCUT2D eigenvalue weighted by atomic mass is 16.4. The summed E-state index contributed by atoms with van der Waals surface area (Å²) in [5.41, 5.74) is 5.19. The average molecular weight is 546 g/mol. The first-order valence-corrected chi connectivity index (χ1v) is 13.6. The Morgan fingerprint density at radius 3 is 2.12 bits per heavy atom. The normalized spacial score (nSPS) is 10.8. The van der Waals surface area contributed by atoms with Gasteiger partial charge in [0.05, 0.1) is 6.42 Å². The van der Waals surface area contributed by atoms with Crippen molar-refractivity contribution in [1.29, 1.82) is 0 Å². The van der Waals surface area contributed by atoms with E-state index in [4.69, 9.17) is 0 Å². The number of fused-ring (bicyclic) bond motifs is 1. The van der Waals surface area contributed by atoms with Crippen molar-refractivity contribution < 1.29 is 19.5 Å². The molecule has 3 N–H and O–H groups in total. The molecule has 0 aliphatic carbocycles. The molecule has 0 unspecified atom stereocenters. The van der Waals surface area contributed by atoms with Crippen LogP contribution < -0.4 is 5.32 Å². The zero-order chi connectivity index (χ0) is 28.6. The highest BCUT2D eigenvalue weighted by molar-refractivity contribution is 6.06. The van der Waals surface area contributed by atoms with Gasteiger partial charge >= 0.3 is 5.97 Å². The van der Waals surface area contributed by atoms with Gasteiger partial charge in [-0.2, -0.15) is 0 Å². The molecule has 0 atom stereocenters. The Hall–Kier alpha value is -5.17. The second-order valence-corrected chi connectivity index (χ2v) is 9.80. The lowest BCUT2D eigenvalue weighted by atomic mass is 9.94. The number of nitrogens with one attached hydrogen (secondary N) is 2. The predicted molar refractivity (Wildman–Crippen MR) is 160 cm³/mol. The van der Waals surface area contributed by atoms with Crippen molar-refractivity contribution in [3.63, 3.8) is 0 Å². The SMILES string of the molecule is O=C(O)CCN(CCc1c[nH]c2ccccc12)C(=O)c1ccccc1-c1ccccc1C(=O)NCc1ccccc1. The summed E-state index contributed by atoms with van der Waals surface area (Å²) in [6.07, 6.45) is 2.33. The topological polar surface area (TPSA) is 102 Å². The van der Waals surface area contributed by atoms with Gasteiger partial charge in [-0.15, -0.1) is 0 Å². The summed E-state index contributed by atoms with van der Waals surface area (Å²) >= 11 is 0. The largest absolute Gasteiger partial charge is 0.481 e. The number of aromatic nitrogens is 1. The number of rotatable bonds is 11. The second kappa shape index (κ2) is 12.8. The van der Waals surface area contributed by atoms with Crippen molar-refractivity contribution in [3.8, 4) is 11.1 Å². The van der Waals surface area contributed by atoms with Crippen molar-refractivity contribution in [2.75, 3.05) is 13.1 Å². The molecule has 0 radical (unpaired) electrons. The Morgan fingerprint density at radius 1 is 0.732 bits per heavy atom. The number of aliphatic carboxylic acids is 1. The van der Waals surface area contributed by atoms with Crippen LogP contribution in [0.25, 0.3) is 22.0 Å². The number of hydrogen-bond donors (Lipinski definition) is 3. The van der Waals surface area contributed by atoms with Gasteiger partial charge in [-0.25, -0.2) is 0 Å². The molecule has 5 rings (SSSR count). The number of amides is 2. The van der Waals surface area contributed by atoms with Gasteiger partial charge in [0.1, 0.15) is 0 Å². The number of benzene rings is 4. The van der Waals surface area contributed by atoms with Gasteiger partial charge in [-0.05, 0) is 46.9 Å². The molecule has 2 amide bonds. The first kappa shape index (κ1) is 27.4. The van der Waals surface area contributed by atoms with Crippen LogP contribution in [-0.2, 0) is 17.8 Å². The molecule has 4 aromatic carbocycles. The maximum absolute atomic E-state index is 14.0. The molecule has 0 aliphatic rings. The zero-order valence-electron chi connectivity index (χ0n) is 22.5. The number of aromatic amines is 1. The maximum atomic E-state index is 14.0. The number of hydrogen-bond acceptors (Lipinski definition) is 3. The molecule has 0 bridgehead atoms. The van der Waals surface area contributed by atoms with Gasteiger partial charge in [-0.3, -0.25) is 14.4 Å². The van der Waals surface area contributed by atoms with E-state index in [1.165, 1.54) is 0 Å². The summed E-state index contributed by atoms with van der Waals surface area (Å²) in [5.74, 6) is -1.49. The lowest BCUT2D eigenvalue weighted by molar-refractivity contribution is -0.137. The average Bonchev–Trinajstić information content (AvgIpc) is 3.43. The third kappa shape index (κ3) is 6.53. The summed E-state index contributed by atoms with van der Waals surface area (Å²) in [5, 5.41) is 13.4. The Balaban J connectivity index is 1.41. The summed E-state index contributed by atoms with van der Waals surface area (Å²) in [4.78, 5) is 43.6. The van der Waals surface area contributed by atoms with Gasteiger partial charge in [0.15, 0.2) is 0 Å². The minimum atomic E-state index is -0.969. The van der Waals surface area contributed by atoms with E-state index in [2.05, 4.69) is 10.3 Å². The Labute approximate surface area is 238 Å². The fraction of sp³-hybridized carbons (Fsp3) is 0.147. The Kier molecular flexibility index (Phi) is 8.55. The predicted octanol–water partition coefficient (Wildman–Crippen LogP) is 5.92. The monoisotopic (exact) mass is 545 g/mol. The number of H-pyrrole nitrogens is 1. The van der Waals surface area contributed by atoms with Crippen LogP contribution >= 0.6 is 0 Å². The molecule has 7 nitrogen and oxygen atoms in total. The molecule has 0 saturated heterocycles. The van der Waals surface area contributed by atoms with Crippen LogP contribution in [-0.4, -0.2) is 45.9 Å². The fourth-order valence-corrected chi connectivity index (χ4v) is 5.00. The number of carbonyl (C=O) groups excluding carboxylic acids is 2. The van der Waals surface area contributed by atoms with Crippen LogP contribution in [0, 0.1) is 0 Å². The van der Waals surface area contributed by atoms with Gasteiger partial charge in [-0.1, -0.05) is 84.9 Å². The fourth-order valence-electron chi connectivity index (χ4n) is 5.00. The van der Waals surface area contributed by atoms with E-state index in [9.17, 15) is 19.5 Å². The molecule has 0 saturated carbocycles. The molecule has 206 valence electrons. The van der Waals surface area contributed by atoms with Crippen LogP contribution in [0.1, 0.15) is 38.3 Å². The smallest absolute Gasteiger partial charge is 0.305 e. The highest BCUT2D eigenvalue weighted by Crippen LogP contribution is 2.29. The summed E-state index contributed by atoms with van der Waals surface area (Å²) < 4.78 is 0. The Morgan fingerprint density at radius 2 is 1.37 bits per heavy atom. The lowest BCUT2D eigenvalue weighted by Gasteiger charge is -2.24. The van der Waals surface area contributed by atoms with Crippen molar-refractivity contribution >= 4 is 28.7 Å². The summed E-state index contributed by atoms with van der Waals surface area (Å²) in [6.45, 7) is 0.803. The van der Waals surface area contributed by atoms with Crippen LogP contribution in [0.5, 0.6) is 0 Å². The van der Waals surface area contributed by atoms with E-state index in [1.54, 1.807) is 29.2 Å². The minimum absolute atomic E-state index is 0.0735. The number of para-hydroxylation sites is 1. The first-order chi connectivity index (χ1) is 20.0. The van der Waals surface area contributed by atoms with Crippen LogP contribution in [0.15, 0.2) is 109 Å². The van der Waals surface area contributed by atoms with Crippen LogP contribution in [0.3, 0.4) is 0 Å². The molecule has 1 aromatic heterocycles. The number of carbonyl (C=O) groups is 3. The molecular formula is C34H31N3O4. The quantitative estimate of drug-likeness (QED) is 0.192. The van der Waals surface area contributed by atoms with Crippen molar-refractivity contribution in [1.82, 2.24) is 15.2 Å². The Bertz CT molecular complexity index is 1680. The second-order valence-electron chi connectivity index (χ2n) is 9.80. The summed E-state index contributed by atoms with van der Waals surface area (Å²) in [6, 6.07) is 32.0. The van der Waals surface area contributed by atoms with Gasteiger partial charge in [0.25, 0.3) is 11.8 Å². The molecule has 5 aromatic rings. The maximum Gasteiger partial charge on any atom is 0.305 e. The summed E-state index contributed by atoms with van der Waals surface area (Å²) in [7, 11) is 0. The van der Waals surface area contributed by atoms with Gasteiger partial charge in [0, 0.05) is 47.9 Å². The standard InChI is InChI=1S/C34H31N3O4/c38-32(39)19-21-37(20-18-25-23-35-31-17-9-8-12-26(25)31)34(41)30-16-7-5-14-28(30)27-13-4-6-15-29(27)33(40)36-22-24-10-2-1-3-11-24/h1-17,23,35H,18-22H2,(H,36,40)(H,38,39). The highest BCUT2D eigenvalue weighted by Gasteiger charge is 2.23. The van der Waals surface area contributed by atoms with Gasteiger partial charge in [0.2, 0.25) is 0 Å².